The maximum atomic E-state index is 12.1. The van der Waals surface area contributed by atoms with Crippen molar-refractivity contribution >= 4 is 29.6 Å². The Morgan fingerprint density at radius 1 is 1.50 bits per heavy atom. The topological polar surface area (TPSA) is 84.4 Å². The summed E-state index contributed by atoms with van der Waals surface area (Å²) in [5.74, 6) is 0.525. The minimum Gasteiger partial charge on any atom is -0.425 e. The van der Waals surface area contributed by atoms with Crippen LogP contribution in [-0.4, -0.2) is 38.8 Å². The number of anilines is 1. The summed E-state index contributed by atoms with van der Waals surface area (Å²) in [7, 11) is 0. The standard InChI is InChI=1S/C12H16N4O3S/c1-12(2,3)15-11(18)19-10-9(17)16(7-20-10)8-6-13-4-5-14-8/h4-6,10H,7H2,1-3H3,(H,15,18). The van der Waals surface area contributed by atoms with Crippen LogP contribution in [0, 0.1) is 0 Å². The van der Waals surface area contributed by atoms with Gasteiger partial charge in [0.2, 0.25) is 5.44 Å². The molecule has 1 aliphatic rings. The van der Waals surface area contributed by atoms with E-state index in [0.29, 0.717) is 11.7 Å². The molecule has 1 saturated heterocycles. The number of hydrogen-bond donors (Lipinski definition) is 1. The van der Waals surface area contributed by atoms with E-state index in [-0.39, 0.29) is 5.91 Å². The SMILES string of the molecule is CC(C)(C)NC(=O)OC1SCN(c2cnccn2)C1=O. The van der Waals surface area contributed by atoms with Crippen LogP contribution in [0.25, 0.3) is 0 Å². The second kappa shape index (κ2) is 5.66. The molecule has 7 nitrogen and oxygen atoms in total. The predicted molar refractivity (Wildman–Crippen MR) is 75.1 cm³/mol. The van der Waals surface area contributed by atoms with E-state index < -0.39 is 17.1 Å². The van der Waals surface area contributed by atoms with Crippen LogP contribution < -0.4 is 10.2 Å². The van der Waals surface area contributed by atoms with Crippen molar-refractivity contribution in [3.8, 4) is 0 Å². The van der Waals surface area contributed by atoms with Gasteiger partial charge in [0.05, 0.1) is 12.1 Å². The van der Waals surface area contributed by atoms with E-state index in [1.807, 2.05) is 20.8 Å². The molecule has 0 bridgehead atoms. The van der Waals surface area contributed by atoms with Crippen molar-refractivity contribution in [2.24, 2.45) is 0 Å². The highest BCUT2D eigenvalue weighted by Gasteiger charge is 2.37. The third-order valence-corrected chi connectivity index (χ3v) is 3.35. The smallest absolute Gasteiger partial charge is 0.409 e. The molecule has 0 saturated carbocycles. The van der Waals surface area contributed by atoms with Gasteiger partial charge in [-0.1, -0.05) is 11.8 Å². The molecule has 1 aromatic rings. The van der Waals surface area contributed by atoms with Gasteiger partial charge in [0.15, 0.2) is 5.82 Å². The van der Waals surface area contributed by atoms with Crippen LogP contribution in [0.3, 0.4) is 0 Å². The van der Waals surface area contributed by atoms with Crippen molar-refractivity contribution < 1.29 is 14.3 Å². The molecule has 0 aliphatic carbocycles. The minimum absolute atomic E-state index is 0.306. The number of carbonyl (C=O) groups is 2. The first-order chi connectivity index (χ1) is 9.37. The number of hydrogen-bond acceptors (Lipinski definition) is 6. The monoisotopic (exact) mass is 296 g/mol. The first-order valence-electron chi connectivity index (χ1n) is 6.04. The number of nitrogens with zero attached hydrogens (tertiary/aromatic N) is 3. The Kier molecular flexibility index (Phi) is 4.12. The van der Waals surface area contributed by atoms with Gasteiger partial charge < -0.3 is 10.1 Å². The molecule has 1 unspecified atom stereocenters. The lowest BCUT2D eigenvalue weighted by molar-refractivity contribution is -0.122. The average Bonchev–Trinajstić information content (AvgIpc) is 2.70. The molecule has 2 rings (SSSR count). The average molecular weight is 296 g/mol. The molecule has 1 N–H and O–H groups in total. The lowest BCUT2D eigenvalue weighted by Crippen LogP contribution is -2.43. The molecule has 2 heterocycles. The summed E-state index contributed by atoms with van der Waals surface area (Å²) in [6.45, 7) is 5.51. The van der Waals surface area contributed by atoms with Gasteiger partial charge in [0.25, 0.3) is 5.91 Å². The lowest BCUT2D eigenvalue weighted by atomic mass is 10.1. The summed E-state index contributed by atoms with van der Waals surface area (Å²) in [5.41, 5.74) is -1.26. The highest BCUT2D eigenvalue weighted by atomic mass is 32.2. The molecule has 0 aromatic carbocycles. The van der Waals surface area contributed by atoms with Crippen LogP contribution in [-0.2, 0) is 9.53 Å². The summed E-state index contributed by atoms with van der Waals surface area (Å²) < 4.78 is 5.12. The van der Waals surface area contributed by atoms with Gasteiger partial charge in [0.1, 0.15) is 0 Å². The number of alkyl carbamates (subject to hydrolysis) is 1. The zero-order valence-electron chi connectivity index (χ0n) is 11.5. The fraction of sp³-hybridized carbons (Fsp3) is 0.500. The molecule has 0 radical (unpaired) electrons. The van der Waals surface area contributed by atoms with Crippen molar-refractivity contribution in [1.29, 1.82) is 0 Å². The van der Waals surface area contributed by atoms with E-state index in [1.165, 1.54) is 35.3 Å². The molecular weight excluding hydrogens is 280 g/mol. The number of ether oxygens (including phenoxy) is 1. The summed E-state index contributed by atoms with van der Waals surface area (Å²) in [6.07, 6.45) is 3.93. The molecule has 8 heteroatoms. The van der Waals surface area contributed by atoms with Crippen LogP contribution in [0.5, 0.6) is 0 Å². The van der Waals surface area contributed by atoms with Crippen LogP contribution in [0.1, 0.15) is 20.8 Å². The van der Waals surface area contributed by atoms with Crippen molar-refractivity contribution in [3.05, 3.63) is 18.6 Å². The van der Waals surface area contributed by atoms with Crippen molar-refractivity contribution in [2.45, 2.75) is 31.7 Å². The Labute approximate surface area is 121 Å². The Hall–Kier alpha value is -1.83. The first kappa shape index (κ1) is 14.6. The first-order valence-corrected chi connectivity index (χ1v) is 7.09. The second-order valence-electron chi connectivity index (χ2n) is 5.24. The number of amides is 2. The van der Waals surface area contributed by atoms with Gasteiger partial charge in [-0.3, -0.25) is 14.7 Å². The summed E-state index contributed by atoms with van der Waals surface area (Å²) in [5, 5.41) is 2.65. The van der Waals surface area contributed by atoms with Crippen LogP contribution in [0.4, 0.5) is 10.6 Å². The lowest BCUT2D eigenvalue weighted by Gasteiger charge is -2.21. The van der Waals surface area contributed by atoms with Gasteiger partial charge in [-0.05, 0) is 20.8 Å². The van der Waals surface area contributed by atoms with Crippen LogP contribution in [0.2, 0.25) is 0 Å². The molecule has 1 atom stereocenters. The van der Waals surface area contributed by atoms with Crippen molar-refractivity contribution in [3.63, 3.8) is 0 Å². The number of rotatable bonds is 2. The predicted octanol–water partition coefficient (Wildman–Crippen LogP) is 1.36. The maximum absolute atomic E-state index is 12.1. The third-order valence-electron chi connectivity index (χ3n) is 2.34. The molecular formula is C12H16N4O3S. The molecule has 1 aromatic heterocycles. The van der Waals surface area contributed by atoms with Gasteiger partial charge >= 0.3 is 6.09 Å². The van der Waals surface area contributed by atoms with E-state index in [9.17, 15) is 9.59 Å². The second-order valence-corrected chi connectivity index (χ2v) is 6.26. The molecule has 1 fully saturated rings. The van der Waals surface area contributed by atoms with Crippen molar-refractivity contribution in [1.82, 2.24) is 15.3 Å². The Bertz CT molecular complexity index is 503. The fourth-order valence-electron chi connectivity index (χ4n) is 1.53. The number of thioether (sulfide) groups is 1. The normalized spacial score (nSPS) is 19.1. The highest BCUT2D eigenvalue weighted by Crippen LogP contribution is 2.28. The molecule has 108 valence electrons. The number of aromatic nitrogens is 2. The van der Waals surface area contributed by atoms with Gasteiger partial charge in [-0.2, -0.15) is 0 Å². The summed E-state index contributed by atoms with van der Waals surface area (Å²) in [4.78, 5) is 33.2. The molecule has 1 aliphatic heterocycles. The van der Waals surface area contributed by atoms with E-state index in [4.69, 9.17) is 4.74 Å². The van der Waals surface area contributed by atoms with Crippen LogP contribution >= 0.6 is 11.8 Å². The van der Waals surface area contributed by atoms with Gasteiger partial charge in [0, 0.05) is 17.9 Å². The highest BCUT2D eigenvalue weighted by molar-refractivity contribution is 8.01. The maximum Gasteiger partial charge on any atom is 0.409 e. The van der Waals surface area contributed by atoms with Crippen LogP contribution in [0.15, 0.2) is 18.6 Å². The third kappa shape index (κ3) is 3.60. The number of nitrogens with one attached hydrogen (secondary N) is 1. The number of carbonyl (C=O) groups excluding carboxylic acids is 2. The molecule has 20 heavy (non-hydrogen) atoms. The van der Waals surface area contributed by atoms with Crippen molar-refractivity contribution in [2.75, 3.05) is 10.8 Å². The Morgan fingerprint density at radius 2 is 2.25 bits per heavy atom. The summed E-state index contributed by atoms with van der Waals surface area (Å²) in [6, 6.07) is 0. The zero-order chi connectivity index (χ0) is 14.8. The van der Waals surface area contributed by atoms with E-state index in [1.54, 1.807) is 0 Å². The van der Waals surface area contributed by atoms with E-state index in [2.05, 4.69) is 15.3 Å². The summed E-state index contributed by atoms with van der Waals surface area (Å²) >= 11 is 1.23. The van der Waals surface area contributed by atoms with Gasteiger partial charge in [-0.25, -0.2) is 9.78 Å². The van der Waals surface area contributed by atoms with E-state index >= 15 is 0 Å². The quantitative estimate of drug-likeness (QED) is 0.887. The zero-order valence-corrected chi connectivity index (χ0v) is 12.3. The van der Waals surface area contributed by atoms with Gasteiger partial charge in [-0.15, -0.1) is 0 Å². The minimum atomic E-state index is -0.848. The fourth-order valence-corrected chi connectivity index (χ4v) is 2.50. The van der Waals surface area contributed by atoms with E-state index in [0.717, 1.165) is 0 Å². The Morgan fingerprint density at radius 3 is 2.85 bits per heavy atom. The molecule has 0 spiro atoms. The largest absolute Gasteiger partial charge is 0.425 e. The molecule has 2 amide bonds. The Balaban J connectivity index is 1.97.